The second-order valence-electron chi connectivity index (χ2n) is 4.88. The SMILES string of the molecule is Cc1cc(F)c(-n2nc(C(Cl)(Cl)Cl)nc2N)cc1[S+]([O-])CC(F)(F)F. The Bertz CT molecular complexity index is 794. The molecule has 0 aliphatic carbocycles. The van der Waals surface area contributed by atoms with Gasteiger partial charge < -0.3 is 10.3 Å². The summed E-state index contributed by atoms with van der Waals surface area (Å²) in [5.41, 5.74) is 5.30. The van der Waals surface area contributed by atoms with Crippen molar-refractivity contribution >= 4 is 51.9 Å². The molecule has 1 unspecified atom stereocenters. The molecule has 2 aromatic rings. The summed E-state index contributed by atoms with van der Waals surface area (Å²) >= 11 is 14.4. The second-order valence-corrected chi connectivity index (χ2v) is 8.58. The maximum absolute atomic E-state index is 14.2. The summed E-state index contributed by atoms with van der Waals surface area (Å²) in [7, 11) is 0. The van der Waals surface area contributed by atoms with E-state index in [1.165, 1.54) is 6.92 Å². The molecule has 5 nitrogen and oxygen atoms in total. The highest BCUT2D eigenvalue weighted by Crippen LogP contribution is 2.37. The van der Waals surface area contributed by atoms with Crippen molar-refractivity contribution < 1.29 is 22.1 Å². The monoisotopic (exact) mass is 438 g/mol. The molecule has 0 spiro atoms. The molecule has 0 amide bonds. The van der Waals surface area contributed by atoms with Gasteiger partial charge >= 0.3 is 6.18 Å². The number of nitrogens with zero attached hydrogens (tertiary/aromatic N) is 3. The van der Waals surface area contributed by atoms with E-state index in [0.717, 1.165) is 16.8 Å². The summed E-state index contributed by atoms with van der Waals surface area (Å²) in [6.45, 7) is 1.33. The maximum Gasteiger partial charge on any atom is 0.433 e. The first-order chi connectivity index (χ1) is 11.3. The molecule has 25 heavy (non-hydrogen) atoms. The van der Waals surface area contributed by atoms with Crippen LogP contribution in [-0.4, -0.2) is 31.2 Å². The number of hydrogen-bond donors (Lipinski definition) is 1. The Morgan fingerprint density at radius 1 is 1.28 bits per heavy atom. The van der Waals surface area contributed by atoms with Crippen molar-refractivity contribution in [3.63, 3.8) is 0 Å². The molecule has 1 heterocycles. The van der Waals surface area contributed by atoms with Gasteiger partial charge in [0.2, 0.25) is 17.5 Å². The number of alkyl halides is 6. The molecule has 138 valence electrons. The van der Waals surface area contributed by atoms with Crippen LogP contribution in [0.4, 0.5) is 23.5 Å². The molecular formula is C12H9Cl3F4N4OS. The van der Waals surface area contributed by atoms with E-state index in [1.54, 1.807) is 0 Å². The molecule has 0 saturated carbocycles. The van der Waals surface area contributed by atoms with Crippen molar-refractivity contribution in [2.45, 2.75) is 21.8 Å². The molecule has 2 N–H and O–H groups in total. The van der Waals surface area contributed by atoms with Gasteiger partial charge in [-0.25, -0.2) is 4.39 Å². The fourth-order valence-electron chi connectivity index (χ4n) is 1.90. The third-order valence-electron chi connectivity index (χ3n) is 2.90. The minimum atomic E-state index is -4.65. The largest absolute Gasteiger partial charge is 0.611 e. The summed E-state index contributed by atoms with van der Waals surface area (Å²) in [6, 6.07) is 1.86. The molecular weight excluding hydrogens is 431 g/mol. The van der Waals surface area contributed by atoms with E-state index < -0.39 is 32.7 Å². The Labute approximate surface area is 157 Å². The third-order valence-corrected chi connectivity index (χ3v) is 4.93. The summed E-state index contributed by atoms with van der Waals surface area (Å²) in [6.07, 6.45) is -4.65. The smallest absolute Gasteiger partial charge is 0.433 e. The van der Waals surface area contributed by atoms with Crippen LogP contribution in [0.5, 0.6) is 0 Å². The average Bonchev–Trinajstić information content (AvgIpc) is 2.78. The van der Waals surface area contributed by atoms with Crippen LogP contribution >= 0.6 is 34.8 Å². The van der Waals surface area contributed by atoms with Gasteiger partial charge in [-0.1, -0.05) is 34.8 Å². The zero-order chi connectivity index (χ0) is 19.2. The van der Waals surface area contributed by atoms with E-state index in [4.69, 9.17) is 40.5 Å². The zero-order valence-electron chi connectivity index (χ0n) is 12.2. The second kappa shape index (κ2) is 6.99. The van der Waals surface area contributed by atoms with Crippen molar-refractivity contribution in [2.24, 2.45) is 0 Å². The van der Waals surface area contributed by atoms with Crippen LogP contribution in [0.3, 0.4) is 0 Å². The van der Waals surface area contributed by atoms with Crippen LogP contribution < -0.4 is 5.73 Å². The van der Waals surface area contributed by atoms with Crippen LogP contribution in [0.15, 0.2) is 17.0 Å². The van der Waals surface area contributed by atoms with E-state index >= 15 is 0 Å². The van der Waals surface area contributed by atoms with Crippen molar-refractivity contribution in [3.8, 4) is 5.69 Å². The molecule has 0 fully saturated rings. The molecule has 1 atom stereocenters. The standard InChI is InChI=1S/C12H9Cl3F4N4OS/c1-5-2-6(16)7(3-8(5)25(24)4-11(17,18)19)23-10(20)21-9(22-23)12(13,14)15/h2-3H,4H2,1H3,(H2,20,21,22). The van der Waals surface area contributed by atoms with Gasteiger partial charge in [-0.15, -0.1) is 5.10 Å². The average molecular weight is 440 g/mol. The topological polar surface area (TPSA) is 79.8 Å². The molecule has 0 saturated heterocycles. The van der Waals surface area contributed by atoms with E-state index in [-0.39, 0.29) is 27.9 Å². The lowest BCUT2D eigenvalue weighted by Gasteiger charge is -2.16. The molecule has 2 rings (SSSR count). The quantitative estimate of drug-likeness (QED) is 0.448. The fraction of sp³-hybridized carbons (Fsp3) is 0.333. The van der Waals surface area contributed by atoms with E-state index in [0.29, 0.717) is 0 Å². The molecule has 0 aliphatic rings. The lowest BCUT2D eigenvalue weighted by molar-refractivity contribution is -0.106. The zero-order valence-corrected chi connectivity index (χ0v) is 15.3. The minimum absolute atomic E-state index is 0.0733. The van der Waals surface area contributed by atoms with E-state index in [9.17, 15) is 22.1 Å². The predicted molar refractivity (Wildman–Crippen MR) is 87.0 cm³/mol. The summed E-state index contributed by atoms with van der Waals surface area (Å²) in [5, 5.41) is 3.74. The third kappa shape index (κ3) is 4.82. The Balaban J connectivity index is 2.53. The van der Waals surface area contributed by atoms with Crippen LogP contribution in [0.1, 0.15) is 11.4 Å². The first kappa shape index (κ1) is 20.4. The number of aromatic nitrogens is 3. The summed E-state index contributed by atoms with van der Waals surface area (Å²) < 4.78 is 62.3. The number of nitrogens with two attached hydrogens (primary N) is 1. The van der Waals surface area contributed by atoms with Crippen molar-refractivity contribution in [1.82, 2.24) is 14.8 Å². The summed E-state index contributed by atoms with van der Waals surface area (Å²) in [4.78, 5) is 3.44. The first-order valence-electron chi connectivity index (χ1n) is 6.35. The van der Waals surface area contributed by atoms with Gasteiger partial charge in [0.25, 0.3) is 3.79 Å². The molecule has 1 aromatic heterocycles. The van der Waals surface area contributed by atoms with Gasteiger partial charge in [0, 0.05) is 11.6 Å². The number of aryl methyl sites for hydroxylation is 1. The van der Waals surface area contributed by atoms with Gasteiger partial charge in [-0.3, -0.25) is 0 Å². The fourth-order valence-corrected chi connectivity index (χ4v) is 3.25. The molecule has 13 heteroatoms. The normalized spacial score (nSPS) is 14.0. The Morgan fingerprint density at radius 2 is 1.88 bits per heavy atom. The maximum atomic E-state index is 14.2. The number of nitrogen functional groups attached to an aromatic ring is 1. The number of halogens is 7. The van der Waals surface area contributed by atoms with Gasteiger partial charge in [0.15, 0.2) is 4.90 Å². The van der Waals surface area contributed by atoms with Gasteiger partial charge in [0.05, 0.1) is 0 Å². The number of benzene rings is 1. The molecule has 1 aromatic carbocycles. The number of rotatable bonds is 3. The highest BCUT2D eigenvalue weighted by Gasteiger charge is 2.37. The predicted octanol–water partition coefficient (Wildman–Crippen LogP) is 3.79. The molecule has 0 radical (unpaired) electrons. The molecule has 0 aliphatic heterocycles. The van der Waals surface area contributed by atoms with E-state index in [2.05, 4.69) is 10.1 Å². The van der Waals surface area contributed by atoms with Gasteiger partial charge in [0.1, 0.15) is 11.5 Å². The first-order valence-corrected chi connectivity index (χ1v) is 8.80. The van der Waals surface area contributed by atoms with E-state index in [1.807, 2.05) is 0 Å². The Morgan fingerprint density at radius 3 is 2.36 bits per heavy atom. The van der Waals surface area contributed by atoms with Crippen LogP contribution in [0.25, 0.3) is 5.69 Å². The van der Waals surface area contributed by atoms with Gasteiger partial charge in [-0.05, 0) is 24.2 Å². The minimum Gasteiger partial charge on any atom is -0.611 e. The van der Waals surface area contributed by atoms with Crippen molar-refractivity contribution in [2.75, 3.05) is 11.5 Å². The Hall–Kier alpha value is -0.940. The van der Waals surface area contributed by atoms with Crippen molar-refractivity contribution in [3.05, 3.63) is 29.3 Å². The molecule has 0 bridgehead atoms. The highest BCUT2D eigenvalue weighted by atomic mass is 35.6. The van der Waals surface area contributed by atoms with Crippen LogP contribution in [0, 0.1) is 12.7 Å². The van der Waals surface area contributed by atoms with Gasteiger partial charge in [-0.2, -0.15) is 22.8 Å². The number of anilines is 1. The van der Waals surface area contributed by atoms with Crippen molar-refractivity contribution in [1.29, 1.82) is 0 Å². The van der Waals surface area contributed by atoms with Crippen LogP contribution in [-0.2, 0) is 15.0 Å². The highest BCUT2D eigenvalue weighted by molar-refractivity contribution is 7.91. The van der Waals surface area contributed by atoms with Crippen LogP contribution in [0.2, 0.25) is 0 Å². The lowest BCUT2D eigenvalue weighted by atomic mass is 10.2. The lowest BCUT2D eigenvalue weighted by Crippen LogP contribution is -2.24. The summed E-state index contributed by atoms with van der Waals surface area (Å²) in [5.74, 6) is -3.17. The number of hydrogen-bond acceptors (Lipinski definition) is 4. The Kier molecular flexibility index (Phi) is 5.70.